The molecule has 0 saturated carbocycles. The van der Waals surface area contributed by atoms with E-state index in [-0.39, 0.29) is 24.5 Å². The zero-order chi connectivity index (χ0) is 20.2. The Morgan fingerprint density at radius 1 is 0.867 bits per heavy atom. The first-order valence-electron chi connectivity index (χ1n) is 9.08. The molecular formula is C22H19ClN3O3S-. The van der Waals surface area contributed by atoms with E-state index in [9.17, 15) is 13.6 Å². The highest BCUT2D eigenvalue weighted by Crippen LogP contribution is 2.25. The fourth-order valence-corrected chi connectivity index (χ4v) is 3.52. The number of nitrogens with zero attached hydrogens (tertiary/aromatic N) is 2. The Bertz CT molecular complexity index is 1230. The van der Waals surface area contributed by atoms with Gasteiger partial charge in [0.2, 0.25) is 0 Å². The van der Waals surface area contributed by atoms with Gasteiger partial charge in [0.15, 0.2) is 0 Å². The minimum atomic E-state index is -2.30. The van der Waals surface area contributed by atoms with Crippen molar-refractivity contribution in [2.24, 2.45) is 0 Å². The smallest absolute Gasteiger partial charge is 0.274 e. The zero-order valence-electron chi connectivity index (χ0n) is 15.9. The highest BCUT2D eigenvalue weighted by Gasteiger charge is 2.12. The first-order valence-corrected chi connectivity index (χ1v) is 10.1. The Morgan fingerprint density at radius 2 is 1.50 bits per heavy atom. The van der Waals surface area contributed by atoms with Crippen LogP contribution >= 0.6 is 12.4 Å². The summed E-state index contributed by atoms with van der Waals surface area (Å²) in [5, 5.41) is 6.06. The second kappa shape index (κ2) is 9.77. The molecule has 154 valence electrons. The lowest BCUT2D eigenvalue weighted by atomic mass is 10.0. The molecule has 0 fully saturated rings. The number of hydrogen-bond acceptors (Lipinski definition) is 4. The molecule has 1 unspecified atom stereocenters. The van der Waals surface area contributed by atoms with Gasteiger partial charge in [-0.1, -0.05) is 72.8 Å². The van der Waals surface area contributed by atoms with Gasteiger partial charge in [0.05, 0.1) is 17.6 Å². The standard InChI is InChI=1S/C22H19N3O3S.ClH/c26-22-20-9-5-4-8-19(20)21(24-25(22)15-17-6-2-1-3-7-17)18-12-10-16(11-13-18)14-23-29(27)28;/h1-13,23H,14-15H2,(H,27,28);1H/p-1. The maximum absolute atomic E-state index is 13.0. The Hall–Kier alpha value is -2.84. The first kappa shape index (κ1) is 21.9. The van der Waals surface area contributed by atoms with Crippen molar-refractivity contribution in [1.29, 1.82) is 0 Å². The number of aromatic nitrogens is 2. The molecule has 6 nitrogen and oxygen atoms in total. The van der Waals surface area contributed by atoms with Crippen molar-refractivity contribution in [2.45, 2.75) is 13.1 Å². The van der Waals surface area contributed by atoms with E-state index in [0.717, 1.165) is 22.1 Å². The van der Waals surface area contributed by atoms with E-state index >= 15 is 0 Å². The Morgan fingerprint density at radius 3 is 2.17 bits per heavy atom. The van der Waals surface area contributed by atoms with Gasteiger partial charge >= 0.3 is 0 Å². The van der Waals surface area contributed by atoms with Crippen LogP contribution in [0.15, 0.2) is 83.7 Å². The van der Waals surface area contributed by atoms with Crippen molar-refractivity contribution in [3.63, 3.8) is 0 Å². The van der Waals surface area contributed by atoms with Crippen LogP contribution in [0.3, 0.4) is 0 Å². The van der Waals surface area contributed by atoms with Crippen LogP contribution < -0.4 is 10.3 Å². The summed E-state index contributed by atoms with van der Waals surface area (Å²) in [6.07, 6.45) is 0. The highest BCUT2D eigenvalue weighted by molar-refractivity contribution is 7.77. The quantitative estimate of drug-likeness (QED) is 0.465. The summed E-state index contributed by atoms with van der Waals surface area (Å²) >= 11 is -2.30. The number of fused-ring (bicyclic) bond motifs is 1. The minimum absolute atomic E-state index is 0. The van der Waals surface area contributed by atoms with Crippen LogP contribution in [0.2, 0.25) is 0 Å². The van der Waals surface area contributed by atoms with Crippen molar-refractivity contribution in [2.75, 3.05) is 0 Å². The maximum atomic E-state index is 13.0. The molecular weight excluding hydrogens is 422 g/mol. The number of rotatable bonds is 6. The molecule has 1 aromatic heterocycles. The fraction of sp³-hybridized carbons (Fsp3) is 0.0909. The first-order chi connectivity index (χ1) is 14.1. The third kappa shape index (κ3) is 4.83. The summed E-state index contributed by atoms with van der Waals surface area (Å²) in [7, 11) is 0. The summed E-state index contributed by atoms with van der Waals surface area (Å²) < 4.78 is 25.2. The lowest BCUT2D eigenvalue weighted by molar-refractivity contribution is 0.522. The molecule has 30 heavy (non-hydrogen) atoms. The molecule has 0 aliphatic heterocycles. The second-order valence-corrected chi connectivity index (χ2v) is 7.35. The molecule has 0 bridgehead atoms. The van der Waals surface area contributed by atoms with E-state index in [1.54, 1.807) is 0 Å². The molecule has 4 rings (SSSR count). The molecule has 0 radical (unpaired) electrons. The molecule has 1 atom stereocenters. The molecule has 3 aromatic carbocycles. The van der Waals surface area contributed by atoms with Gasteiger partial charge < -0.3 is 4.55 Å². The maximum Gasteiger partial charge on any atom is 0.274 e. The SMILES string of the molecule is Cl.O=c1c2ccccc2c(-c2ccc(CNS(=O)[O-])cc2)nn1Cc1ccccc1. The summed E-state index contributed by atoms with van der Waals surface area (Å²) in [4.78, 5) is 13.0. The number of halogens is 1. The van der Waals surface area contributed by atoms with Gasteiger partial charge in [-0.3, -0.25) is 9.00 Å². The van der Waals surface area contributed by atoms with Gasteiger partial charge in [-0.2, -0.15) is 5.10 Å². The molecule has 0 amide bonds. The van der Waals surface area contributed by atoms with Crippen molar-refractivity contribution in [3.8, 4) is 11.3 Å². The number of hydrogen-bond donors (Lipinski definition) is 1. The largest absolute Gasteiger partial charge is 0.760 e. The van der Waals surface area contributed by atoms with E-state index in [1.807, 2.05) is 78.9 Å². The Labute approximate surface area is 182 Å². The van der Waals surface area contributed by atoms with Crippen LogP contribution in [0, 0.1) is 0 Å². The van der Waals surface area contributed by atoms with Crippen molar-refractivity contribution >= 4 is 34.4 Å². The highest BCUT2D eigenvalue weighted by atomic mass is 35.5. The lowest BCUT2D eigenvalue weighted by Crippen LogP contribution is -2.24. The fourth-order valence-electron chi connectivity index (χ4n) is 3.23. The molecule has 8 heteroatoms. The van der Waals surface area contributed by atoms with Crippen LogP contribution in [0.4, 0.5) is 0 Å². The van der Waals surface area contributed by atoms with Crippen LogP contribution in [-0.4, -0.2) is 18.5 Å². The minimum Gasteiger partial charge on any atom is -0.760 e. The van der Waals surface area contributed by atoms with E-state index in [2.05, 4.69) is 9.82 Å². The van der Waals surface area contributed by atoms with Crippen LogP contribution in [0.5, 0.6) is 0 Å². The number of nitrogens with one attached hydrogen (secondary N) is 1. The van der Waals surface area contributed by atoms with Gasteiger partial charge in [0.25, 0.3) is 5.56 Å². The molecule has 0 spiro atoms. The monoisotopic (exact) mass is 440 g/mol. The molecule has 1 heterocycles. The number of benzene rings is 3. The molecule has 1 N–H and O–H groups in total. The Kier molecular flexibility index (Phi) is 7.12. The van der Waals surface area contributed by atoms with Crippen molar-refractivity contribution in [1.82, 2.24) is 14.5 Å². The lowest BCUT2D eigenvalue weighted by Gasteiger charge is -2.12. The van der Waals surface area contributed by atoms with Crippen LogP contribution in [-0.2, 0) is 24.4 Å². The van der Waals surface area contributed by atoms with Crippen LogP contribution in [0.25, 0.3) is 22.0 Å². The van der Waals surface area contributed by atoms with E-state index in [0.29, 0.717) is 17.6 Å². The third-order valence-electron chi connectivity index (χ3n) is 4.66. The van der Waals surface area contributed by atoms with Gasteiger partial charge in [-0.05, 0) is 17.2 Å². The molecule has 0 aliphatic carbocycles. The normalized spacial score (nSPS) is 11.8. The van der Waals surface area contributed by atoms with Gasteiger partial charge in [0.1, 0.15) is 0 Å². The topological polar surface area (TPSA) is 87.1 Å². The average molecular weight is 441 g/mol. The predicted octanol–water partition coefficient (Wildman–Crippen LogP) is 3.42. The summed E-state index contributed by atoms with van der Waals surface area (Å²) in [5.74, 6) is 0. The summed E-state index contributed by atoms with van der Waals surface area (Å²) in [5.41, 5.74) is 3.26. The van der Waals surface area contributed by atoms with E-state index in [4.69, 9.17) is 0 Å². The average Bonchev–Trinajstić information content (AvgIpc) is 2.75. The zero-order valence-corrected chi connectivity index (χ0v) is 17.5. The predicted molar refractivity (Wildman–Crippen MR) is 120 cm³/mol. The van der Waals surface area contributed by atoms with Crippen molar-refractivity contribution < 1.29 is 8.76 Å². The second-order valence-electron chi connectivity index (χ2n) is 6.60. The van der Waals surface area contributed by atoms with Crippen molar-refractivity contribution in [3.05, 3.63) is 100 Å². The van der Waals surface area contributed by atoms with Gasteiger partial charge in [-0.15, -0.1) is 12.4 Å². The molecule has 4 aromatic rings. The molecule has 0 aliphatic rings. The van der Waals surface area contributed by atoms with Gasteiger partial charge in [-0.25, -0.2) is 9.40 Å². The third-order valence-corrected chi connectivity index (χ3v) is 5.04. The van der Waals surface area contributed by atoms with E-state index < -0.39 is 11.3 Å². The summed E-state index contributed by atoms with van der Waals surface area (Å²) in [6, 6.07) is 24.6. The van der Waals surface area contributed by atoms with Gasteiger partial charge in [0, 0.05) is 28.8 Å². The van der Waals surface area contributed by atoms with E-state index in [1.165, 1.54) is 4.68 Å². The molecule has 0 saturated heterocycles. The van der Waals surface area contributed by atoms with Crippen LogP contribution in [0.1, 0.15) is 11.1 Å². The summed E-state index contributed by atoms with van der Waals surface area (Å²) in [6.45, 7) is 0.604. The Balaban J connectivity index is 0.00000256.